The minimum absolute atomic E-state index is 0.0621. The van der Waals surface area contributed by atoms with Crippen molar-refractivity contribution in [1.29, 1.82) is 0 Å². The van der Waals surface area contributed by atoms with E-state index in [0.29, 0.717) is 19.3 Å². The molecular weight excluding hydrogens is 841 g/mol. The normalized spacial score (nSPS) is 12.0. The van der Waals surface area contributed by atoms with Crippen LogP contribution in [0.15, 0.2) is 0 Å². The lowest BCUT2D eigenvalue weighted by molar-refractivity contribution is -0.167. The van der Waals surface area contributed by atoms with E-state index in [1.165, 1.54) is 238 Å². The number of rotatable bonds is 56. The third-order valence-electron chi connectivity index (χ3n) is 14.2. The first-order valence-corrected chi connectivity index (χ1v) is 30.7. The van der Waals surface area contributed by atoms with Crippen molar-refractivity contribution in [2.24, 2.45) is 11.8 Å². The second kappa shape index (κ2) is 54.7. The summed E-state index contributed by atoms with van der Waals surface area (Å²) in [5, 5.41) is 0. The average Bonchev–Trinajstić information content (AvgIpc) is 3.31. The summed E-state index contributed by atoms with van der Waals surface area (Å²) >= 11 is 0. The van der Waals surface area contributed by atoms with Gasteiger partial charge in [-0.15, -0.1) is 0 Å². The molecule has 0 radical (unpaired) electrons. The second-order valence-corrected chi connectivity index (χ2v) is 22.3. The molecule has 0 aromatic rings. The smallest absolute Gasteiger partial charge is 0.306 e. The summed E-state index contributed by atoms with van der Waals surface area (Å²) in [5.74, 6) is 0.868. The van der Waals surface area contributed by atoms with Crippen LogP contribution in [-0.4, -0.2) is 37.2 Å². The van der Waals surface area contributed by atoms with E-state index in [9.17, 15) is 14.4 Å². The van der Waals surface area contributed by atoms with Gasteiger partial charge in [0.2, 0.25) is 0 Å². The van der Waals surface area contributed by atoms with Crippen LogP contribution < -0.4 is 0 Å². The van der Waals surface area contributed by atoms with Crippen molar-refractivity contribution in [3.05, 3.63) is 0 Å². The Morgan fingerprint density at radius 2 is 0.485 bits per heavy atom. The zero-order chi connectivity index (χ0) is 49.6. The molecule has 404 valence electrons. The fraction of sp³-hybridized carbons (Fsp3) is 0.952. The molecule has 0 unspecified atom stereocenters. The number of esters is 3. The van der Waals surface area contributed by atoms with Gasteiger partial charge in [0.1, 0.15) is 13.2 Å². The van der Waals surface area contributed by atoms with Crippen LogP contribution in [0.4, 0.5) is 0 Å². The summed E-state index contributed by atoms with van der Waals surface area (Å²) in [6.07, 6.45) is 59.6. The van der Waals surface area contributed by atoms with Crippen molar-refractivity contribution in [3.8, 4) is 0 Å². The molecule has 68 heavy (non-hydrogen) atoms. The minimum Gasteiger partial charge on any atom is -0.462 e. The van der Waals surface area contributed by atoms with Crippen molar-refractivity contribution in [3.63, 3.8) is 0 Å². The molecule has 0 amide bonds. The van der Waals surface area contributed by atoms with Crippen molar-refractivity contribution < 1.29 is 28.6 Å². The minimum atomic E-state index is -0.763. The zero-order valence-electron chi connectivity index (χ0n) is 46.7. The third kappa shape index (κ3) is 55.3. The van der Waals surface area contributed by atoms with E-state index in [1.807, 2.05) is 0 Å². The SMILES string of the molecule is CCCCCCCCCCCCCCC(=O)OC[C@@H](COC(=O)CCCCCCCCCCCCCCCCCCCCC(C)C)OC(=O)CCCCCCCCCCCCCCCCC(C)C. The number of carbonyl (C=O) groups excluding carboxylic acids is 3. The number of unbranched alkanes of at least 4 members (excludes halogenated alkanes) is 41. The van der Waals surface area contributed by atoms with Gasteiger partial charge in [0.05, 0.1) is 0 Å². The molecule has 0 aliphatic rings. The van der Waals surface area contributed by atoms with Crippen LogP contribution >= 0.6 is 0 Å². The zero-order valence-corrected chi connectivity index (χ0v) is 46.7. The van der Waals surface area contributed by atoms with E-state index in [1.54, 1.807) is 0 Å². The van der Waals surface area contributed by atoms with Crippen molar-refractivity contribution in [2.45, 2.75) is 355 Å². The van der Waals surface area contributed by atoms with Gasteiger partial charge in [-0.1, -0.05) is 311 Å². The van der Waals surface area contributed by atoms with Gasteiger partial charge in [-0.05, 0) is 31.1 Å². The summed E-state index contributed by atoms with van der Waals surface area (Å²) < 4.78 is 16.9. The molecule has 0 saturated carbocycles. The van der Waals surface area contributed by atoms with Crippen molar-refractivity contribution >= 4 is 17.9 Å². The number of hydrogen-bond acceptors (Lipinski definition) is 6. The molecule has 0 aliphatic heterocycles. The van der Waals surface area contributed by atoms with Gasteiger partial charge in [-0.2, -0.15) is 0 Å². The fourth-order valence-corrected chi connectivity index (χ4v) is 9.58. The molecule has 6 heteroatoms. The Labute approximate surface area is 425 Å². The summed E-state index contributed by atoms with van der Waals surface area (Å²) in [6.45, 7) is 11.4. The third-order valence-corrected chi connectivity index (χ3v) is 14.2. The van der Waals surface area contributed by atoms with Crippen LogP contribution in [0.5, 0.6) is 0 Å². The fourth-order valence-electron chi connectivity index (χ4n) is 9.58. The molecule has 0 N–H and O–H groups in total. The van der Waals surface area contributed by atoms with Crippen molar-refractivity contribution in [2.75, 3.05) is 13.2 Å². The van der Waals surface area contributed by atoms with Gasteiger partial charge in [0, 0.05) is 19.3 Å². The first-order chi connectivity index (χ1) is 33.2. The molecule has 0 aromatic heterocycles. The van der Waals surface area contributed by atoms with Gasteiger partial charge in [-0.3, -0.25) is 14.4 Å². The van der Waals surface area contributed by atoms with Crippen LogP contribution in [0.2, 0.25) is 0 Å². The summed E-state index contributed by atoms with van der Waals surface area (Å²) in [6, 6.07) is 0. The highest BCUT2D eigenvalue weighted by Crippen LogP contribution is 2.19. The van der Waals surface area contributed by atoms with E-state index in [-0.39, 0.29) is 31.1 Å². The van der Waals surface area contributed by atoms with E-state index in [2.05, 4.69) is 34.6 Å². The summed E-state index contributed by atoms with van der Waals surface area (Å²) in [4.78, 5) is 38.2. The van der Waals surface area contributed by atoms with Crippen LogP contribution in [0.25, 0.3) is 0 Å². The van der Waals surface area contributed by atoms with E-state index >= 15 is 0 Å². The predicted octanol–water partition coefficient (Wildman–Crippen LogP) is 20.4. The van der Waals surface area contributed by atoms with E-state index < -0.39 is 6.10 Å². The highest BCUT2D eigenvalue weighted by Gasteiger charge is 2.19. The molecular formula is C62H120O6. The van der Waals surface area contributed by atoms with Gasteiger partial charge in [0.25, 0.3) is 0 Å². The lowest BCUT2D eigenvalue weighted by atomic mass is 10.0. The Hall–Kier alpha value is -1.59. The molecule has 0 saturated heterocycles. The first kappa shape index (κ1) is 66.4. The predicted molar refractivity (Wildman–Crippen MR) is 293 cm³/mol. The second-order valence-electron chi connectivity index (χ2n) is 22.3. The van der Waals surface area contributed by atoms with Crippen LogP contribution in [0, 0.1) is 11.8 Å². The molecule has 0 aliphatic carbocycles. The Bertz CT molecular complexity index is 1040. The average molecular weight is 962 g/mol. The Balaban J connectivity index is 4.24. The Morgan fingerprint density at radius 3 is 0.721 bits per heavy atom. The molecule has 0 fully saturated rings. The maximum atomic E-state index is 12.9. The first-order valence-electron chi connectivity index (χ1n) is 30.7. The standard InChI is InChI=1S/C62H120O6/c1-6-7-8-9-10-11-12-27-32-37-42-47-52-60(63)66-55-59(68-62(65)54-49-44-39-34-29-24-20-19-22-26-31-36-41-46-51-58(4)5)56-67-61(64)53-48-43-38-33-28-23-18-16-14-13-15-17-21-25-30-35-40-45-50-57(2)3/h57-59H,6-56H2,1-5H3/t59-/m0/s1. The maximum Gasteiger partial charge on any atom is 0.306 e. The van der Waals surface area contributed by atoms with Crippen LogP contribution in [0.3, 0.4) is 0 Å². The number of hydrogen-bond donors (Lipinski definition) is 0. The highest BCUT2D eigenvalue weighted by molar-refractivity contribution is 5.71. The summed E-state index contributed by atoms with van der Waals surface area (Å²) in [7, 11) is 0. The quantitative estimate of drug-likeness (QED) is 0.0343. The Morgan fingerprint density at radius 1 is 0.279 bits per heavy atom. The molecule has 0 bridgehead atoms. The van der Waals surface area contributed by atoms with Gasteiger partial charge < -0.3 is 14.2 Å². The molecule has 0 heterocycles. The van der Waals surface area contributed by atoms with Gasteiger partial charge in [0.15, 0.2) is 6.10 Å². The molecule has 0 rings (SSSR count). The largest absolute Gasteiger partial charge is 0.462 e. The Kier molecular flexibility index (Phi) is 53.5. The van der Waals surface area contributed by atoms with Crippen molar-refractivity contribution in [1.82, 2.24) is 0 Å². The molecule has 0 aromatic carbocycles. The topological polar surface area (TPSA) is 78.9 Å². The molecule has 0 spiro atoms. The monoisotopic (exact) mass is 961 g/mol. The molecule has 6 nitrogen and oxygen atoms in total. The summed E-state index contributed by atoms with van der Waals surface area (Å²) in [5.41, 5.74) is 0. The lowest BCUT2D eigenvalue weighted by Gasteiger charge is -2.18. The highest BCUT2D eigenvalue weighted by atomic mass is 16.6. The molecule has 1 atom stereocenters. The maximum absolute atomic E-state index is 12.9. The number of ether oxygens (including phenoxy) is 3. The number of carbonyl (C=O) groups is 3. The van der Waals surface area contributed by atoms with Crippen LogP contribution in [0.1, 0.15) is 349 Å². The van der Waals surface area contributed by atoms with E-state index in [0.717, 1.165) is 69.6 Å². The van der Waals surface area contributed by atoms with Gasteiger partial charge in [-0.25, -0.2) is 0 Å². The lowest BCUT2D eigenvalue weighted by Crippen LogP contribution is -2.30. The van der Waals surface area contributed by atoms with Crippen LogP contribution in [-0.2, 0) is 28.6 Å². The van der Waals surface area contributed by atoms with E-state index in [4.69, 9.17) is 14.2 Å². The van der Waals surface area contributed by atoms with Gasteiger partial charge >= 0.3 is 17.9 Å².